The summed E-state index contributed by atoms with van der Waals surface area (Å²) in [7, 11) is 3.57. The van der Waals surface area contributed by atoms with Crippen LogP contribution in [0, 0.1) is 5.41 Å². The number of hydrogen-bond acceptors (Lipinski definition) is 3. The molecule has 4 heteroatoms. The lowest BCUT2D eigenvalue weighted by Crippen LogP contribution is -2.31. The smallest absolute Gasteiger partial charge is 0.222 e. The van der Waals surface area contributed by atoms with E-state index in [0.717, 1.165) is 32.4 Å². The van der Waals surface area contributed by atoms with E-state index in [4.69, 9.17) is 5.11 Å². The molecule has 0 aliphatic rings. The second-order valence-electron chi connectivity index (χ2n) is 5.56. The molecule has 1 amide bonds. The number of hydrogen-bond donors (Lipinski definition) is 2. The van der Waals surface area contributed by atoms with Crippen LogP contribution < -0.4 is 5.32 Å². The van der Waals surface area contributed by atoms with Crippen LogP contribution in [0.1, 0.15) is 39.5 Å². The molecule has 0 bridgehead atoms. The molecule has 0 atom stereocenters. The zero-order valence-electron chi connectivity index (χ0n) is 11.8. The fourth-order valence-electron chi connectivity index (χ4n) is 1.66. The van der Waals surface area contributed by atoms with Crippen molar-refractivity contribution in [3.05, 3.63) is 0 Å². The van der Waals surface area contributed by atoms with Gasteiger partial charge in [-0.1, -0.05) is 13.8 Å². The van der Waals surface area contributed by atoms with Gasteiger partial charge in [0.1, 0.15) is 0 Å². The van der Waals surface area contributed by atoms with Gasteiger partial charge in [0.2, 0.25) is 5.91 Å². The molecule has 4 nitrogen and oxygen atoms in total. The monoisotopic (exact) mass is 244 g/mol. The average molecular weight is 244 g/mol. The lowest BCUT2D eigenvalue weighted by molar-refractivity contribution is -0.128. The largest absolute Gasteiger partial charge is 0.396 e. The number of rotatable bonds is 9. The molecule has 0 radical (unpaired) electrons. The molecule has 2 N–H and O–H groups in total. The molecule has 17 heavy (non-hydrogen) atoms. The quantitative estimate of drug-likeness (QED) is 0.600. The van der Waals surface area contributed by atoms with Crippen LogP contribution in [0.4, 0.5) is 0 Å². The Labute approximate surface area is 105 Å². The predicted octanol–water partition coefficient (Wildman–Crippen LogP) is 1.24. The van der Waals surface area contributed by atoms with Gasteiger partial charge >= 0.3 is 0 Å². The maximum atomic E-state index is 11.3. The molecule has 102 valence electrons. The van der Waals surface area contributed by atoms with E-state index in [0.29, 0.717) is 6.42 Å². The SMILES string of the molecule is CN(C)C(=O)CCCNCC(C)(C)CCCO. The summed E-state index contributed by atoms with van der Waals surface area (Å²) >= 11 is 0. The minimum absolute atomic E-state index is 0.186. The van der Waals surface area contributed by atoms with Crippen molar-refractivity contribution in [3.63, 3.8) is 0 Å². The Morgan fingerprint density at radius 3 is 2.47 bits per heavy atom. The first-order valence-electron chi connectivity index (χ1n) is 6.41. The Morgan fingerprint density at radius 2 is 1.94 bits per heavy atom. The van der Waals surface area contributed by atoms with Crippen LogP contribution in [0.2, 0.25) is 0 Å². The Bertz CT molecular complexity index is 215. The summed E-state index contributed by atoms with van der Waals surface area (Å²) in [6.07, 6.45) is 3.37. The highest BCUT2D eigenvalue weighted by atomic mass is 16.2. The predicted molar refractivity (Wildman–Crippen MR) is 70.9 cm³/mol. The van der Waals surface area contributed by atoms with Gasteiger partial charge in [-0.2, -0.15) is 0 Å². The van der Waals surface area contributed by atoms with Gasteiger partial charge in [0.25, 0.3) is 0 Å². The highest BCUT2D eigenvalue weighted by Crippen LogP contribution is 2.20. The first-order valence-corrected chi connectivity index (χ1v) is 6.41. The van der Waals surface area contributed by atoms with Crippen LogP contribution in [0.3, 0.4) is 0 Å². The molecule has 0 aromatic heterocycles. The van der Waals surface area contributed by atoms with Gasteiger partial charge < -0.3 is 15.3 Å². The van der Waals surface area contributed by atoms with Crippen molar-refractivity contribution in [2.75, 3.05) is 33.8 Å². The molecule has 0 aromatic carbocycles. The number of aliphatic hydroxyl groups excluding tert-OH is 1. The molecule has 0 spiro atoms. The third-order valence-electron chi connectivity index (χ3n) is 2.86. The molecule has 0 fully saturated rings. The normalized spacial score (nSPS) is 11.6. The summed E-state index contributed by atoms with van der Waals surface area (Å²) < 4.78 is 0. The van der Waals surface area contributed by atoms with Crippen molar-refractivity contribution in [2.24, 2.45) is 5.41 Å². The van der Waals surface area contributed by atoms with Crippen molar-refractivity contribution >= 4 is 5.91 Å². The summed E-state index contributed by atoms with van der Waals surface area (Å²) in [4.78, 5) is 12.9. The molecular formula is C13H28N2O2. The molecular weight excluding hydrogens is 216 g/mol. The van der Waals surface area contributed by atoms with E-state index in [1.165, 1.54) is 0 Å². The standard InChI is InChI=1S/C13H28N2O2/c1-13(2,8-6-10-16)11-14-9-5-7-12(17)15(3)4/h14,16H,5-11H2,1-4H3. The Hall–Kier alpha value is -0.610. The number of nitrogens with one attached hydrogen (secondary N) is 1. The number of carbonyl (C=O) groups excluding carboxylic acids is 1. The second kappa shape index (κ2) is 8.48. The van der Waals surface area contributed by atoms with Gasteiger partial charge in [-0.3, -0.25) is 4.79 Å². The number of aliphatic hydroxyl groups is 1. The van der Waals surface area contributed by atoms with Crippen molar-refractivity contribution in [1.29, 1.82) is 0 Å². The van der Waals surface area contributed by atoms with Crippen LogP contribution in [-0.2, 0) is 4.79 Å². The number of carbonyl (C=O) groups is 1. The highest BCUT2D eigenvalue weighted by molar-refractivity contribution is 5.75. The molecule has 0 aliphatic heterocycles. The zero-order chi connectivity index (χ0) is 13.3. The van der Waals surface area contributed by atoms with Crippen LogP contribution in [0.15, 0.2) is 0 Å². The summed E-state index contributed by atoms with van der Waals surface area (Å²) in [5.41, 5.74) is 0.217. The van der Waals surface area contributed by atoms with E-state index in [1.54, 1.807) is 19.0 Å². The minimum atomic E-state index is 0.186. The van der Waals surface area contributed by atoms with Gasteiger partial charge in [-0.25, -0.2) is 0 Å². The second-order valence-corrected chi connectivity index (χ2v) is 5.56. The third-order valence-corrected chi connectivity index (χ3v) is 2.86. The van der Waals surface area contributed by atoms with Gasteiger partial charge in [0, 0.05) is 33.7 Å². The molecule has 0 saturated carbocycles. The Balaban J connectivity index is 3.53. The van der Waals surface area contributed by atoms with Crippen molar-refractivity contribution in [2.45, 2.75) is 39.5 Å². The van der Waals surface area contributed by atoms with Gasteiger partial charge in [-0.05, 0) is 31.2 Å². The number of amides is 1. The van der Waals surface area contributed by atoms with Crippen LogP contribution in [0.5, 0.6) is 0 Å². The molecule has 0 aromatic rings. The van der Waals surface area contributed by atoms with Gasteiger partial charge in [0.15, 0.2) is 0 Å². The maximum Gasteiger partial charge on any atom is 0.222 e. The van der Waals surface area contributed by atoms with Crippen LogP contribution in [-0.4, -0.2) is 49.7 Å². The molecule has 0 heterocycles. The van der Waals surface area contributed by atoms with Gasteiger partial charge in [0.05, 0.1) is 0 Å². The van der Waals surface area contributed by atoms with E-state index in [1.807, 2.05) is 0 Å². The topological polar surface area (TPSA) is 52.6 Å². The molecule has 0 rings (SSSR count). The third kappa shape index (κ3) is 9.12. The number of nitrogens with zero attached hydrogens (tertiary/aromatic N) is 1. The van der Waals surface area contributed by atoms with Crippen molar-refractivity contribution in [1.82, 2.24) is 10.2 Å². The zero-order valence-corrected chi connectivity index (χ0v) is 11.8. The Kier molecular flexibility index (Phi) is 8.17. The molecule has 0 unspecified atom stereocenters. The Morgan fingerprint density at radius 1 is 1.29 bits per heavy atom. The highest BCUT2D eigenvalue weighted by Gasteiger charge is 2.16. The summed E-state index contributed by atoms with van der Waals surface area (Å²) in [6.45, 7) is 6.47. The summed E-state index contributed by atoms with van der Waals surface area (Å²) in [5, 5.41) is 12.2. The maximum absolute atomic E-state index is 11.3. The first-order chi connectivity index (χ1) is 7.89. The minimum Gasteiger partial charge on any atom is -0.396 e. The summed E-state index contributed by atoms with van der Waals surface area (Å²) in [5.74, 6) is 0.186. The van der Waals surface area contributed by atoms with E-state index >= 15 is 0 Å². The summed E-state index contributed by atoms with van der Waals surface area (Å²) in [6, 6.07) is 0. The molecule has 0 saturated heterocycles. The average Bonchev–Trinajstić information content (AvgIpc) is 2.25. The van der Waals surface area contributed by atoms with Crippen LogP contribution in [0.25, 0.3) is 0 Å². The van der Waals surface area contributed by atoms with E-state index < -0.39 is 0 Å². The van der Waals surface area contributed by atoms with E-state index in [9.17, 15) is 4.79 Å². The fourth-order valence-corrected chi connectivity index (χ4v) is 1.66. The lowest BCUT2D eigenvalue weighted by atomic mass is 9.88. The lowest BCUT2D eigenvalue weighted by Gasteiger charge is -2.24. The van der Waals surface area contributed by atoms with Crippen molar-refractivity contribution < 1.29 is 9.90 Å². The van der Waals surface area contributed by atoms with Crippen molar-refractivity contribution in [3.8, 4) is 0 Å². The van der Waals surface area contributed by atoms with E-state index in [2.05, 4.69) is 19.2 Å². The van der Waals surface area contributed by atoms with Gasteiger partial charge in [-0.15, -0.1) is 0 Å². The molecule has 0 aliphatic carbocycles. The van der Waals surface area contributed by atoms with E-state index in [-0.39, 0.29) is 17.9 Å². The first kappa shape index (κ1) is 16.4. The van der Waals surface area contributed by atoms with Crippen LogP contribution >= 0.6 is 0 Å². The fraction of sp³-hybridized carbons (Fsp3) is 0.923.